The highest BCUT2D eigenvalue weighted by molar-refractivity contribution is 5.65. The van der Waals surface area contributed by atoms with Crippen molar-refractivity contribution in [1.82, 2.24) is 9.78 Å². The fourth-order valence-electron chi connectivity index (χ4n) is 1.95. The SMILES string of the molecule is Cn1cc(-c2c(F)ccc(C(C)(C)C)c2F)cn1. The number of nitrogens with zero attached hydrogens (tertiary/aromatic N) is 2. The second-order valence-electron chi connectivity index (χ2n) is 5.44. The molecule has 0 aliphatic carbocycles. The van der Waals surface area contributed by atoms with Gasteiger partial charge in [0.1, 0.15) is 11.6 Å². The maximum atomic E-state index is 14.4. The highest BCUT2D eigenvalue weighted by atomic mass is 19.1. The van der Waals surface area contributed by atoms with E-state index in [1.165, 1.54) is 23.0 Å². The van der Waals surface area contributed by atoms with Gasteiger partial charge in [0.15, 0.2) is 0 Å². The number of halogens is 2. The number of hydrogen-bond acceptors (Lipinski definition) is 1. The summed E-state index contributed by atoms with van der Waals surface area (Å²) >= 11 is 0. The molecule has 0 unspecified atom stereocenters. The smallest absolute Gasteiger partial charge is 0.137 e. The predicted octanol–water partition coefficient (Wildman–Crippen LogP) is 3.66. The van der Waals surface area contributed by atoms with Crippen LogP contribution in [0.1, 0.15) is 26.3 Å². The van der Waals surface area contributed by atoms with Crippen LogP contribution in [0, 0.1) is 11.6 Å². The van der Waals surface area contributed by atoms with Gasteiger partial charge in [-0.1, -0.05) is 26.8 Å². The standard InChI is InChI=1S/C14H16F2N2/c1-14(2,3)10-5-6-11(15)12(13(10)16)9-7-17-18(4)8-9/h5-8H,1-4H3. The summed E-state index contributed by atoms with van der Waals surface area (Å²) in [4.78, 5) is 0. The Morgan fingerprint density at radius 2 is 1.83 bits per heavy atom. The van der Waals surface area contributed by atoms with Gasteiger partial charge in [-0.15, -0.1) is 0 Å². The lowest BCUT2D eigenvalue weighted by molar-refractivity contribution is 0.514. The van der Waals surface area contributed by atoms with Gasteiger partial charge in [-0.25, -0.2) is 8.78 Å². The summed E-state index contributed by atoms with van der Waals surface area (Å²) < 4.78 is 29.8. The third-order valence-corrected chi connectivity index (χ3v) is 2.89. The summed E-state index contributed by atoms with van der Waals surface area (Å²) in [5, 5.41) is 3.95. The van der Waals surface area contributed by atoms with Crippen LogP contribution in [0.4, 0.5) is 8.78 Å². The first kappa shape index (κ1) is 12.7. The van der Waals surface area contributed by atoms with Gasteiger partial charge in [0.25, 0.3) is 0 Å². The summed E-state index contributed by atoms with van der Waals surface area (Å²) in [5.74, 6) is -1.07. The van der Waals surface area contributed by atoms with Crippen LogP contribution in [0.15, 0.2) is 24.5 Å². The minimum absolute atomic E-state index is 0.00414. The molecular formula is C14H16F2N2. The van der Waals surface area contributed by atoms with Crippen LogP contribution in [0.25, 0.3) is 11.1 Å². The van der Waals surface area contributed by atoms with E-state index in [4.69, 9.17) is 0 Å². The van der Waals surface area contributed by atoms with Gasteiger partial charge in [0.2, 0.25) is 0 Å². The molecule has 0 radical (unpaired) electrons. The van der Waals surface area contributed by atoms with Gasteiger partial charge in [-0.2, -0.15) is 5.10 Å². The minimum atomic E-state index is -0.562. The molecule has 0 spiro atoms. The van der Waals surface area contributed by atoms with Crippen molar-refractivity contribution in [2.45, 2.75) is 26.2 Å². The number of benzene rings is 1. The van der Waals surface area contributed by atoms with Crippen LogP contribution in [-0.4, -0.2) is 9.78 Å². The predicted molar refractivity (Wildman–Crippen MR) is 67.3 cm³/mol. The van der Waals surface area contributed by atoms with Crippen molar-refractivity contribution < 1.29 is 8.78 Å². The molecule has 0 aliphatic rings. The molecule has 0 amide bonds. The molecule has 0 saturated carbocycles. The lowest BCUT2D eigenvalue weighted by Gasteiger charge is -2.21. The van der Waals surface area contributed by atoms with Crippen LogP contribution in [0.2, 0.25) is 0 Å². The zero-order chi connectivity index (χ0) is 13.5. The van der Waals surface area contributed by atoms with Gasteiger partial charge in [0, 0.05) is 18.8 Å². The van der Waals surface area contributed by atoms with Crippen molar-refractivity contribution >= 4 is 0 Å². The van der Waals surface area contributed by atoms with E-state index < -0.39 is 11.6 Å². The summed E-state index contributed by atoms with van der Waals surface area (Å²) in [6.45, 7) is 5.70. The first-order valence-electron chi connectivity index (χ1n) is 5.78. The zero-order valence-electron chi connectivity index (χ0n) is 11.0. The van der Waals surface area contributed by atoms with E-state index in [1.807, 2.05) is 20.8 Å². The van der Waals surface area contributed by atoms with Crippen LogP contribution in [0.3, 0.4) is 0 Å². The van der Waals surface area contributed by atoms with E-state index in [-0.39, 0.29) is 11.0 Å². The average molecular weight is 250 g/mol. The van der Waals surface area contributed by atoms with Crippen LogP contribution in [0.5, 0.6) is 0 Å². The molecule has 0 atom stereocenters. The summed E-state index contributed by atoms with van der Waals surface area (Å²) in [7, 11) is 1.72. The Kier molecular flexibility index (Phi) is 2.97. The van der Waals surface area contributed by atoms with Gasteiger partial charge >= 0.3 is 0 Å². The fourth-order valence-corrected chi connectivity index (χ4v) is 1.95. The van der Waals surface area contributed by atoms with Gasteiger partial charge in [-0.3, -0.25) is 4.68 Å². The Labute approximate surface area is 105 Å². The highest BCUT2D eigenvalue weighted by Crippen LogP contribution is 2.33. The molecule has 0 bridgehead atoms. The molecule has 2 aromatic rings. The molecule has 1 heterocycles. The molecule has 0 aliphatic heterocycles. The number of aromatic nitrogens is 2. The normalized spacial score (nSPS) is 11.9. The van der Waals surface area contributed by atoms with Crippen molar-refractivity contribution in [3.63, 3.8) is 0 Å². The molecule has 1 aromatic carbocycles. The van der Waals surface area contributed by atoms with Gasteiger partial charge in [0.05, 0.1) is 11.8 Å². The van der Waals surface area contributed by atoms with E-state index in [0.29, 0.717) is 11.1 Å². The van der Waals surface area contributed by atoms with E-state index >= 15 is 0 Å². The van der Waals surface area contributed by atoms with E-state index in [9.17, 15) is 8.78 Å². The van der Waals surface area contributed by atoms with Gasteiger partial charge in [-0.05, 0) is 17.0 Å². The molecule has 0 saturated heterocycles. The quantitative estimate of drug-likeness (QED) is 0.755. The number of hydrogen-bond donors (Lipinski definition) is 0. The topological polar surface area (TPSA) is 17.8 Å². The average Bonchev–Trinajstić information content (AvgIpc) is 2.62. The Morgan fingerprint density at radius 3 is 2.33 bits per heavy atom. The summed E-state index contributed by atoms with van der Waals surface area (Å²) in [5.41, 5.74) is 0.589. The lowest BCUT2D eigenvalue weighted by atomic mass is 9.85. The molecule has 2 rings (SSSR count). The van der Waals surface area contributed by atoms with Crippen molar-refractivity contribution in [2.75, 3.05) is 0 Å². The van der Waals surface area contributed by atoms with Crippen molar-refractivity contribution in [3.05, 3.63) is 41.7 Å². The first-order valence-corrected chi connectivity index (χ1v) is 5.78. The van der Waals surface area contributed by atoms with Crippen molar-refractivity contribution in [1.29, 1.82) is 0 Å². The van der Waals surface area contributed by atoms with E-state index in [1.54, 1.807) is 13.2 Å². The fraction of sp³-hybridized carbons (Fsp3) is 0.357. The third-order valence-electron chi connectivity index (χ3n) is 2.89. The Bertz CT molecular complexity index is 580. The highest BCUT2D eigenvalue weighted by Gasteiger charge is 2.23. The summed E-state index contributed by atoms with van der Waals surface area (Å²) in [6.07, 6.45) is 3.07. The number of rotatable bonds is 1. The Morgan fingerprint density at radius 1 is 1.17 bits per heavy atom. The number of aryl methyl sites for hydroxylation is 1. The maximum Gasteiger partial charge on any atom is 0.137 e. The molecule has 96 valence electrons. The van der Waals surface area contributed by atoms with Crippen molar-refractivity contribution in [2.24, 2.45) is 7.05 Å². The lowest BCUT2D eigenvalue weighted by Crippen LogP contribution is -2.14. The molecule has 1 aromatic heterocycles. The van der Waals surface area contributed by atoms with Crippen LogP contribution in [-0.2, 0) is 12.5 Å². The van der Waals surface area contributed by atoms with E-state index in [0.717, 1.165) is 0 Å². The van der Waals surface area contributed by atoms with E-state index in [2.05, 4.69) is 5.10 Å². The first-order chi connectivity index (χ1) is 8.30. The molecule has 2 nitrogen and oxygen atoms in total. The zero-order valence-corrected chi connectivity index (χ0v) is 11.0. The largest absolute Gasteiger partial charge is 0.275 e. The monoisotopic (exact) mass is 250 g/mol. The maximum absolute atomic E-state index is 14.4. The molecule has 18 heavy (non-hydrogen) atoms. The van der Waals surface area contributed by atoms with Crippen molar-refractivity contribution in [3.8, 4) is 11.1 Å². The Balaban J connectivity index is 2.67. The Hall–Kier alpha value is -1.71. The van der Waals surface area contributed by atoms with Crippen LogP contribution >= 0.6 is 0 Å². The third kappa shape index (κ3) is 2.15. The summed E-state index contributed by atoms with van der Waals surface area (Å²) in [6, 6.07) is 2.82. The minimum Gasteiger partial charge on any atom is -0.275 e. The van der Waals surface area contributed by atoms with Gasteiger partial charge < -0.3 is 0 Å². The second-order valence-corrected chi connectivity index (χ2v) is 5.44. The molecule has 0 fully saturated rings. The molecular weight excluding hydrogens is 234 g/mol. The second kappa shape index (κ2) is 4.19. The molecule has 0 N–H and O–H groups in total. The van der Waals surface area contributed by atoms with Crippen LogP contribution < -0.4 is 0 Å². The molecule has 4 heteroatoms.